The maximum absolute atomic E-state index is 2.16. The minimum Gasteiger partial charge on any atom is -0.269 e. The topological polar surface area (TPSA) is 0 Å². The van der Waals surface area contributed by atoms with Crippen LogP contribution in [0.3, 0.4) is 0 Å². The van der Waals surface area contributed by atoms with E-state index in [-0.39, 0.29) is 28.9 Å². The molecule has 0 aliphatic carbocycles. The van der Waals surface area contributed by atoms with Crippen LogP contribution in [0.1, 0.15) is 5.56 Å². The molecule has 0 amide bonds. The molecule has 78 valence electrons. The largest absolute Gasteiger partial charge is 0.269 e. The zero-order valence-corrected chi connectivity index (χ0v) is 9.45. The van der Waals surface area contributed by atoms with Gasteiger partial charge in [0.05, 0.1) is 0 Å². The summed E-state index contributed by atoms with van der Waals surface area (Å²) in [6.45, 7) is 2.14. The summed E-state index contributed by atoms with van der Waals surface area (Å²) < 4.78 is 0. The van der Waals surface area contributed by atoms with Gasteiger partial charge in [-0.3, -0.25) is 9.41 Å². The second-order valence-corrected chi connectivity index (χ2v) is 2.80. The van der Waals surface area contributed by atoms with Gasteiger partial charge in [-0.1, -0.05) is 42.5 Å². The van der Waals surface area contributed by atoms with Crippen LogP contribution >= 0.6 is 0 Å². The third-order valence-corrected chi connectivity index (χ3v) is 2.01. The van der Waals surface area contributed by atoms with Gasteiger partial charge in [-0.2, -0.15) is 0 Å². The van der Waals surface area contributed by atoms with Gasteiger partial charge in [-0.15, -0.1) is 0 Å². The summed E-state index contributed by atoms with van der Waals surface area (Å²) >= 11 is 0. The number of benzene rings is 2. The van der Waals surface area contributed by atoms with E-state index in [1.807, 2.05) is 0 Å². The quantitative estimate of drug-likeness (QED) is 0.650. The Morgan fingerprint density at radius 3 is 2.00 bits per heavy atom. The van der Waals surface area contributed by atoms with E-state index in [4.69, 9.17) is 0 Å². The molecule has 2 aromatic carbocycles. The molecule has 2 aromatic rings. The van der Waals surface area contributed by atoms with Crippen molar-refractivity contribution in [2.24, 2.45) is 0 Å². The molecule has 0 aromatic heterocycles. The zero-order chi connectivity index (χ0) is 7.68. The molecule has 0 atom stereocenters. The monoisotopic (exact) mass is 284 g/mol. The summed E-state index contributed by atoms with van der Waals surface area (Å²) in [5.74, 6) is 0. The Kier molecular flexibility index (Phi) is 7.39. The fourth-order valence-corrected chi connectivity index (χ4v) is 1.39. The van der Waals surface area contributed by atoms with E-state index >= 15 is 0 Å². The van der Waals surface area contributed by atoms with Crippen LogP contribution in [0.2, 0.25) is 0 Å². The maximum atomic E-state index is 2.16. The molecule has 0 unspecified atom stereocenters. The van der Waals surface area contributed by atoms with Gasteiger partial charge in [0.2, 0.25) is 0 Å². The molecule has 0 spiro atoms. The van der Waals surface area contributed by atoms with E-state index in [1.165, 1.54) is 16.3 Å². The fourth-order valence-electron chi connectivity index (χ4n) is 1.39. The molecule has 0 radical (unpaired) electrons. The molecule has 0 saturated heterocycles. The Hall–Kier alpha value is -0.817. The Labute approximate surface area is 94.8 Å². The Morgan fingerprint density at radius 1 is 0.786 bits per heavy atom. The van der Waals surface area contributed by atoms with Crippen molar-refractivity contribution in [1.29, 1.82) is 0 Å². The smallest absolute Gasteiger partial charge is 0 e. The predicted molar refractivity (Wildman–Crippen MR) is 53.7 cm³/mol. The normalized spacial score (nSPS) is 8.07. The average Bonchev–Trinajstić information content (AvgIpc) is 2.06. The van der Waals surface area contributed by atoms with Crippen molar-refractivity contribution in [2.45, 2.75) is 6.92 Å². The van der Waals surface area contributed by atoms with Crippen LogP contribution in [0.25, 0.3) is 10.8 Å². The van der Waals surface area contributed by atoms with E-state index in [0.29, 0.717) is 0 Å². The van der Waals surface area contributed by atoms with Crippen molar-refractivity contribution in [1.82, 2.24) is 0 Å². The minimum atomic E-state index is 0. The average molecular weight is 283 g/mol. The van der Waals surface area contributed by atoms with Crippen molar-refractivity contribution < 1.29 is 28.9 Å². The molecule has 0 aliphatic heterocycles. The molecule has 0 aliphatic rings. The van der Waals surface area contributed by atoms with Gasteiger partial charge in [-0.25, -0.2) is 0 Å². The summed E-state index contributed by atoms with van der Waals surface area (Å²) in [5, 5.41) is 2.68. The van der Waals surface area contributed by atoms with Gasteiger partial charge in [0.25, 0.3) is 0 Å². The molecular formula is C11H12F2Ru. The maximum Gasteiger partial charge on any atom is 0 e. The van der Waals surface area contributed by atoms with Crippen LogP contribution < -0.4 is 0 Å². The summed E-state index contributed by atoms with van der Waals surface area (Å²) in [4.78, 5) is 0. The van der Waals surface area contributed by atoms with Gasteiger partial charge < -0.3 is 0 Å². The summed E-state index contributed by atoms with van der Waals surface area (Å²) in [5.41, 5.74) is 1.35. The molecule has 2 rings (SSSR count). The number of rotatable bonds is 0. The van der Waals surface area contributed by atoms with E-state index in [2.05, 4.69) is 49.4 Å². The van der Waals surface area contributed by atoms with Crippen molar-refractivity contribution in [3.05, 3.63) is 48.0 Å². The van der Waals surface area contributed by atoms with E-state index in [0.717, 1.165) is 0 Å². The van der Waals surface area contributed by atoms with Crippen LogP contribution in [-0.2, 0) is 19.5 Å². The SMILES string of the molecule is Cc1cccc2ccccc12.F.F.[Ru]. The number of aryl methyl sites for hydroxylation is 1. The third kappa shape index (κ3) is 2.85. The van der Waals surface area contributed by atoms with E-state index in [9.17, 15) is 0 Å². The summed E-state index contributed by atoms with van der Waals surface area (Å²) in [6, 6.07) is 14.8. The molecular weight excluding hydrogens is 271 g/mol. The van der Waals surface area contributed by atoms with Gasteiger partial charge in [0.15, 0.2) is 0 Å². The molecule has 0 heterocycles. The van der Waals surface area contributed by atoms with Crippen molar-refractivity contribution >= 4 is 10.8 Å². The molecule has 0 saturated carbocycles. The van der Waals surface area contributed by atoms with Crippen molar-refractivity contribution in [3.63, 3.8) is 0 Å². The first-order valence-corrected chi connectivity index (χ1v) is 3.82. The molecule has 0 fully saturated rings. The van der Waals surface area contributed by atoms with E-state index < -0.39 is 0 Å². The van der Waals surface area contributed by atoms with Crippen LogP contribution in [-0.4, -0.2) is 0 Å². The van der Waals surface area contributed by atoms with Gasteiger partial charge >= 0.3 is 0 Å². The van der Waals surface area contributed by atoms with Gasteiger partial charge in [0, 0.05) is 19.5 Å². The molecule has 0 nitrogen and oxygen atoms in total. The first kappa shape index (κ1) is 15.6. The number of hydrogen-bond donors (Lipinski definition) is 0. The number of halogens is 2. The standard InChI is InChI=1S/C11H10.2FH.Ru/c1-9-5-4-7-10-6-2-3-8-11(9)10;;;/h2-8H,1H3;2*1H;. The van der Waals surface area contributed by atoms with E-state index in [1.54, 1.807) is 0 Å². The molecule has 14 heavy (non-hydrogen) atoms. The third-order valence-electron chi connectivity index (χ3n) is 2.01. The number of hydrogen-bond acceptors (Lipinski definition) is 0. The summed E-state index contributed by atoms with van der Waals surface area (Å²) in [7, 11) is 0. The van der Waals surface area contributed by atoms with Crippen molar-refractivity contribution in [3.8, 4) is 0 Å². The minimum absolute atomic E-state index is 0. The second-order valence-electron chi connectivity index (χ2n) is 2.80. The molecule has 0 bridgehead atoms. The summed E-state index contributed by atoms with van der Waals surface area (Å²) in [6.07, 6.45) is 0. The predicted octanol–water partition coefficient (Wildman–Crippen LogP) is 3.45. The van der Waals surface area contributed by atoms with Crippen LogP contribution in [0, 0.1) is 6.92 Å². The Morgan fingerprint density at radius 2 is 1.36 bits per heavy atom. The number of fused-ring (bicyclic) bond motifs is 1. The molecule has 0 N–H and O–H groups in total. The van der Waals surface area contributed by atoms with Gasteiger partial charge in [-0.05, 0) is 23.3 Å². The Bertz CT molecular complexity index is 382. The Balaban J connectivity index is 0. The van der Waals surface area contributed by atoms with Gasteiger partial charge in [0.1, 0.15) is 0 Å². The zero-order valence-electron chi connectivity index (χ0n) is 7.71. The second kappa shape index (κ2) is 6.61. The van der Waals surface area contributed by atoms with Crippen LogP contribution in [0.4, 0.5) is 9.41 Å². The van der Waals surface area contributed by atoms with Crippen LogP contribution in [0.15, 0.2) is 42.5 Å². The fraction of sp³-hybridized carbons (Fsp3) is 0.0909. The molecule has 3 heteroatoms. The first-order chi connectivity index (χ1) is 5.38. The van der Waals surface area contributed by atoms with Crippen molar-refractivity contribution in [2.75, 3.05) is 0 Å². The first-order valence-electron chi connectivity index (χ1n) is 3.82. The van der Waals surface area contributed by atoms with Crippen LogP contribution in [0.5, 0.6) is 0 Å².